The summed E-state index contributed by atoms with van der Waals surface area (Å²) in [5.74, 6) is 1.94. The fourth-order valence-electron chi connectivity index (χ4n) is 9.10. The molecule has 1 aliphatic carbocycles. The van der Waals surface area contributed by atoms with Crippen LogP contribution in [0.15, 0.2) is 212 Å². The average molecular weight is 810 g/mol. The highest BCUT2D eigenvalue weighted by Gasteiger charge is 2.22. The Balaban J connectivity index is 0.945. The van der Waals surface area contributed by atoms with Crippen molar-refractivity contribution in [3.8, 4) is 73.2 Å². The van der Waals surface area contributed by atoms with Gasteiger partial charge < -0.3 is 9.47 Å². The predicted molar refractivity (Wildman–Crippen MR) is 261 cm³/mol. The molecule has 5 nitrogen and oxygen atoms in total. The second-order valence-corrected chi connectivity index (χ2v) is 16.0. The van der Waals surface area contributed by atoms with Crippen LogP contribution in [0, 0.1) is 0 Å². The quantitative estimate of drug-likeness (QED) is 0.146. The summed E-state index contributed by atoms with van der Waals surface area (Å²) < 4.78 is 2.43. The van der Waals surface area contributed by atoms with E-state index in [9.17, 15) is 0 Å². The van der Waals surface area contributed by atoms with Gasteiger partial charge in [0.05, 0.1) is 5.52 Å². The first-order valence-corrected chi connectivity index (χ1v) is 21.6. The number of anilines is 2. The van der Waals surface area contributed by atoms with E-state index in [0.29, 0.717) is 17.5 Å². The largest absolute Gasteiger partial charge is 0.344 e. The molecule has 63 heavy (non-hydrogen) atoms. The standard InChI is InChI=1S/C58H43N5/c1-62(46-26-17-23-44(39-46)48-31-18-34-54-55(48)51-30-14-16-33-53(51)63(54)45-24-9-4-10-25-45)52-32-15-13-29-50(52)49-28-12-11-27-47(49)40-35-37-43(38-36-40)58-60-56(41-19-5-2-6-20-41)59-57(61-58)42-21-7-3-8-22-42/h2-13,15-29,31-39H,14,30H2,1H3. The fraction of sp³-hybridized carbons (Fsp3) is 0.0517. The molecule has 0 N–H and O–H groups in total. The molecule has 0 fully saturated rings. The van der Waals surface area contributed by atoms with E-state index in [2.05, 4.69) is 174 Å². The Morgan fingerprint density at radius 1 is 0.444 bits per heavy atom. The van der Waals surface area contributed by atoms with Crippen LogP contribution in [0.2, 0.25) is 0 Å². The van der Waals surface area contributed by atoms with Crippen molar-refractivity contribution in [1.29, 1.82) is 0 Å². The Kier molecular flexibility index (Phi) is 9.83. The molecule has 0 radical (unpaired) electrons. The third-order valence-electron chi connectivity index (χ3n) is 12.2. The first-order chi connectivity index (χ1) is 31.2. The molecule has 0 atom stereocenters. The van der Waals surface area contributed by atoms with E-state index in [0.717, 1.165) is 63.2 Å². The van der Waals surface area contributed by atoms with Crippen molar-refractivity contribution in [2.24, 2.45) is 0 Å². The van der Waals surface area contributed by atoms with Gasteiger partial charge in [0.2, 0.25) is 0 Å². The smallest absolute Gasteiger partial charge is 0.164 e. The SMILES string of the molecule is CN(c1cccc(-c2cccc3c2c2c(n3-c3ccccc3)C=CCC2)c1)c1ccccc1-c1ccccc1-c1ccc(-c2nc(-c3ccccc3)nc(-c3ccccc3)n2)cc1. The van der Waals surface area contributed by atoms with Gasteiger partial charge in [-0.05, 0) is 88.7 Å². The highest BCUT2D eigenvalue weighted by atomic mass is 15.1. The predicted octanol–water partition coefficient (Wildman–Crippen LogP) is 14.5. The minimum absolute atomic E-state index is 0.637. The lowest BCUT2D eigenvalue weighted by Crippen LogP contribution is -2.10. The molecule has 0 saturated heterocycles. The van der Waals surface area contributed by atoms with Gasteiger partial charge in [-0.2, -0.15) is 0 Å². The number of hydrogen-bond donors (Lipinski definition) is 0. The van der Waals surface area contributed by atoms with E-state index in [4.69, 9.17) is 15.0 Å². The van der Waals surface area contributed by atoms with E-state index in [1.165, 1.54) is 39.0 Å². The van der Waals surface area contributed by atoms with Crippen LogP contribution in [0.1, 0.15) is 17.7 Å². The second-order valence-electron chi connectivity index (χ2n) is 16.0. The third-order valence-corrected chi connectivity index (χ3v) is 12.2. The molecule has 0 unspecified atom stereocenters. The van der Waals surface area contributed by atoms with Crippen molar-refractivity contribution >= 4 is 28.4 Å². The van der Waals surface area contributed by atoms with Crippen LogP contribution in [0.5, 0.6) is 0 Å². The van der Waals surface area contributed by atoms with Gasteiger partial charge in [0, 0.05) is 57.4 Å². The minimum atomic E-state index is 0.637. The number of rotatable bonds is 9. The summed E-state index contributed by atoms with van der Waals surface area (Å²) in [6, 6.07) is 72.7. The lowest BCUT2D eigenvalue weighted by Gasteiger charge is -2.24. The van der Waals surface area contributed by atoms with Gasteiger partial charge in [0.1, 0.15) is 0 Å². The first-order valence-electron chi connectivity index (χ1n) is 21.6. The zero-order chi connectivity index (χ0) is 42.1. The number of hydrogen-bond acceptors (Lipinski definition) is 4. The van der Waals surface area contributed by atoms with Crippen LogP contribution in [0.4, 0.5) is 11.4 Å². The molecule has 300 valence electrons. The van der Waals surface area contributed by atoms with Crippen LogP contribution >= 0.6 is 0 Å². The highest BCUT2D eigenvalue weighted by molar-refractivity contribution is 6.02. The van der Waals surface area contributed by atoms with E-state index in [-0.39, 0.29) is 0 Å². The third kappa shape index (κ3) is 7.09. The molecular formula is C58H43N5. The Morgan fingerprint density at radius 2 is 0.968 bits per heavy atom. The van der Waals surface area contributed by atoms with E-state index < -0.39 is 0 Å². The van der Waals surface area contributed by atoms with Crippen LogP contribution in [0.25, 0.3) is 90.2 Å². The Labute approximate surface area is 368 Å². The van der Waals surface area contributed by atoms with Crippen molar-refractivity contribution in [2.45, 2.75) is 12.8 Å². The van der Waals surface area contributed by atoms with Crippen LogP contribution in [0.3, 0.4) is 0 Å². The maximum Gasteiger partial charge on any atom is 0.164 e. The molecule has 8 aromatic carbocycles. The van der Waals surface area contributed by atoms with Crippen molar-refractivity contribution in [2.75, 3.05) is 11.9 Å². The molecule has 1 aliphatic rings. The van der Waals surface area contributed by atoms with Gasteiger partial charge in [0.15, 0.2) is 17.5 Å². The van der Waals surface area contributed by atoms with Gasteiger partial charge in [-0.15, -0.1) is 0 Å². The van der Waals surface area contributed by atoms with Gasteiger partial charge >= 0.3 is 0 Å². The van der Waals surface area contributed by atoms with Gasteiger partial charge in [0.25, 0.3) is 0 Å². The number of benzene rings is 8. The number of nitrogens with zero attached hydrogens (tertiary/aromatic N) is 5. The van der Waals surface area contributed by atoms with E-state index in [1.807, 2.05) is 60.7 Å². The molecule has 0 aliphatic heterocycles. The van der Waals surface area contributed by atoms with Crippen molar-refractivity contribution in [3.05, 3.63) is 224 Å². The summed E-state index contributed by atoms with van der Waals surface area (Å²) in [7, 11) is 2.18. The first kappa shape index (κ1) is 37.8. The van der Waals surface area contributed by atoms with Gasteiger partial charge in [-0.1, -0.05) is 176 Å². The maximum absolute atomic E-state index is 4.97. The molecule has 2 heterocycles. The number of fused-ring (bicyclic) bond motifs is 3. The zero-order valence-electron chi connectivity index (χ0n) is 34.9. The monoisotopic (exact) mass is 809 g/mol. The second kappa shape index (κ2) is 16.4. The van der Waals surface area contributed by atoms with Crippen LogP contribution < -0.4 is 4.90 Å². The Morgan fingerprint density at radius 3 is 1.65 bits per heavy atom. The fourth-order valence-corrected chi connectivity index (χ4v) is 9.10. The van der Waals surface area contributed by atoms with Crippen LogP contribution in [-0.2, 0) is 6.42 Å². The summed E-state index contributed by atoms with van der Waals surface area (Å²) in [6.45, 7) is 0. The van der Waals surface area contributed by atoms with E-state index >= 15 is 0 Å². The lowest BCUT2D eigenvalue weighted by atomic mass is 9.92. The Hall–Kier alpha value is -8.15. The number of allylic oxidation sites excluding steroid dienone is 1. The number of para-hydroxylation sites is 2. The molecular weight excluding hydrogens is 767 g/mol. The van der Waals surface area contributed by atoms with Crippen molar-refractivity contribution in [1.82, 2.24) is 19.5 Å². The number of aromatic nitrogens is 4. The van der Waals surface area contributed by atoms with Gasteiger partial charge in [-0.25, -0.2) is 15.0 Å². The summed E-state index contributed by atoms with van der Waals surface area (Å²) in [4.78, 5) is 17.1. The molecule has 0 bridgehead atoms. The molecule has 0 spiro atoms. The summed E-state index contributed by atoms with van der Waals surface area (Å²) >= 11 is 0. The molecule has 0 amide bonds. The summed E-state index contributed by atoms with van der Waals surface area (Å²) in [6.07, 6.45) is 6.68. The number of aryl methyl sites for hydroxylation is 1. The van der Waals surface area contributed by atoms with Gasteiger partial charge in [-0.3, -0.25) is 0 Å². The highest BCUT2D eigenvalue weighted by Crippen LogP contribution is 2.43. The molecule has 2 aromatic heterocycles. The summed E-state index contributed by atoms with van der Waals surface area (Å²) in [5.41, 5.74) is 17.3. The normalized spacial score (nSPS) is 12.0. The molecule has 11 rings (SSSR count). The van der Waals surface area contributed by atoms with E-state index in [1.54, 1.807) is 0 Å². The molecule has 5 heteroatoms. The average Bonchev–Trinajstić information content (AvgIpc) is 3.71. The topological polar surface area (TPSA) is 46.8 Å². The maximum atomic E-state index is 4.97. The zero-order valence-corrected chi connectivity index (χ0v) is 34.9. The summed E-state index contributed by atoms with van der Waals surface area (Å²) in [5, 5.41) is 1.34. The van der Waals surface area contributed by atoms with Crippen molar-refractivity contribution in [3.63, 3.8) is 0 Å². The Bertz CT molecular complexity index is 3220. The molecule has 0 saturated carbocycles. The molecule has 10 aromatic rings. The van der Waals surface area contributed by atoms with Crippen LogP contribution in [-0.4, -0.2) is 26.6 Å². The lowest BCUT2D eigenvalue weighted by molar-refractivity contribution is 0.968. The minimum Gasteiger partial charge on any atom is -0.344 e. The van der Waals surface area contributed by atoms with Crippen molar-refractivity contribution < 1.29 is 0 Å².